The highest BCUT2D eigenvalue weighted by atomic mass is 16.4. The molecule has 0 aliphatic carbocycles. The minimum Gasteiger partial charge on any atom is -0.480 e. The van der Waals surface area contributed by atoms with E-state index in [1.165, 1.54) is 11.9 Å². The zero-order valence-corrected chi connectivity index (χ0v) is 11.1. The number of amides is 1. The Hall–Kier alpha value is -1.78. The van der Waals surface area contributed by atoms with Gasteiger partial charge in [-0.05, 0) is 25.0 Å². The molecule has 0 aromatic carbocycles. The largest absolute Gasteiger partial charge is 0.480 e. The molecule has 0 fully saturated rings. The standard InChI is InChI=1S/C13H20N2O3/c1-4-8-15-9-6-7-11(15)12(16)14(3)10(5-2)13(17)18/h6-7,9-10H,4-5,8H2,1-3H3,(H,17,18). The van der Waals surface area contributed by atoms with Crippen LogP contribution in [0, 0.1) is 0 Å². The van der Waals surface area contributed by atoms with E-state index in [1.807, 2.05) is 17.7 Å². The van der Waals surface area contributed by atoms with E-state index in [0.29, 0.717) is 12.1 Å². The molecule has 0 saturated heterocycles. The number of carboxylic acid groups (broad SMARTS) is 1. The highest BCUT2D eigenvalue weighted by Crippen LogP contribution is 2.11. The van der Waals surface area contributed by atoms with Gasteiger partial charge in [0.25, 0.3) is 5.91 Å². The van der Waals surface area contributed by atoms with Gasteiger partial charge in [-0.3, -0.25) is 4.79 Å². The number of aryl methyl sites for hydroxylation is 1. The molecule has 0 aliphatic heterocycles. The van der Waals surface area contributed by atoms with Crippen molar-refractivity contribution in [3.8, 4) is 0 Å². The molecule has 1 aromatic rings. The van der Waals surface area contributed by atoms with E-state index in [4.69, 9.17) is 5.11 Å². The second-order valence-corrected chi connectivity index (χ2v) is 4.27. The zero-order chi connectivity index (χ0) is 13.7. The molecular weight excluding hydrogens is 232 g/mol. The van der Waals surface area contributed by atoms with Crippen molar-refractivity contribution in [2.45, 2.75) is 39.3 Å². The quantitative estimate of drug-likeness (QED) is 0.840. The van der Waals surface area contributed by atoms with Crippen molar-refractivity contribution >= 4 is 11.9 Å². The van der Waals surface area contributed by atoms with Gasteiger partial charge in [-0.2, -0.15) is 0 Å². The van der Waals surface area contributed by atoms with Gasteiger partial charge < -0.3 is 14.6 Å². The van der Waals surface area contributed by atoms with Gasteiger partial charge in [0.1, 0.15) is 11.7 Å². The van der Waals surface area contributed by atoms with Crippen LogP contribution in [0.25, 0.3) is 0 Å². The fourth-order valence-corrected chi connectivity index (χ4v) is 1.98. The average molecular weight is 252 g/mol. The molecule has 0 bridgehead atoms. The first-order valence-corrected chi connectivity index (χ1v) is 6.18. The lowest BCUT2D eigenvalue weighted by Crippen LogP contribution is -2.42. The summed E-state index contributed by atoms with van der Waals surface area (Å²) in [5, 5.41) is 9.06. The molecule has 0 radical (unpaired) electrons. The van der Waals surface area contributed by atoms with Crippen LogP contribution in [0.5, 0.6) is 0 Å². The van der Waals surface area contributed by atoms with Crippen LogP contribution in [0.2, 0.25) is 0 Å². The summed E-state index contributed by atoms with van der Waals surface area (Å²) in [5.74, 6) is -1.22. The Kier molecular flexibility index (Phi) is 4.95. The van der Waals surface area contributed by atoms with Gasteiger partial charge in [0, 0.05) is 19.8 Å². The molecule has 1 rings (SSSR count). The molecule has 0 saturated carbocycles. The Morgan fingerprint density at radius 1 is 1.44 bits per heavy atom. The number of aromatic nitrogens is 1. The fraction of sp³-hybridized carbons (Fsp3) is 0.538. The van der Waals surface area contributed by atoms with Crippen molar-refractivity contribution < 1.29 is 14.7 Å². The summed E-state index contributed by atoms with van der Waals surface area (Å²) in [5.41, 5.74) is 0.541. The first kappa shape index (κ1) is 14.3. The lowest BCUT2D eigenvalue weighted by Gasteiger charge is -2.24. The van der Waals surface area contributed by atoms with Crippen LogP contribution in [0.3, 0.4) is 0 Å². The van der Waals surface area contributed by atoms with Crippen molar-refractivity contribution in [1.29, 1.82) is 0 Å². The summed E-state index contributed by atoms with van der Waals surface area (Å²) >= 11 is 0. The minimum atomic E-state index is -0.970. The van der Waals surface area contributed by atoms with Gasteiger partial charge >= 0.3 is 5.97 Å². The number of hydrogen-bond donors (Lipinski definition) is 1. The molecule has 100 valence electrons. The monoisotopic (exact) mass is 252 g/mol. The predicted octanol–water partition coefficient (Wildman–Crippen LogP) is 1.83. The molecule has 5 heteroatoms. The molecule has 1 unspecified atom stereocenters. The van der Waals surface area contributed by atoms with E-state index >= 15 is 0 Å². The van der Waals surface area contributed by atoms with E-state index in [-0.39, 0.29) is 5.91 Å². The molecule has 1 atom stereocenters. The highest BCUT2D eigenvalue weighted by Gasteiger charge is 2.26. The van der Waals surface area contributed by atoms with Crippen molar-refractivity contribution in [3.63, 3.8) is 0 Å². The van der Waals surface area contributed by atoms with Crippen molar-refractivity contribution in [1.82, 2.24) is 9.47 Å². The Morgan fingerprint density at radius 2 is 2.11 bits per heavy atom. The van der Waals surface area contributed by atoms with Gasteiger partial charge in [0.15, 0.2) is 0 Å². The highest BCUT2D eigenvalue weighted by molar-refractivity contribution is 5.95. The lowest BCUT2D eigenvalue weighted by molar-refractivity contribution is -0.142. The second kappa shape index (κ2) is 6.23. The summed E-state index contributed by atoms with van der Waals surface area (Å²) in [6.07, 6.45) is 3.16. The van der Waals surface area contributed by atoms with Gasteiger partial charge in [-0.1, -0.05) is 13.8 Å². The summed E-state index contributed by atoms with van der Waals surface area (Å²) < 4.78 is 1.85. The molecule has 1 heterocycles. The van der Waals surface area contributed by atoms with E-state index in [2.05, 4.69) is 0 Å². The summed E-state index contributed by atoms with van der Waals surface area (Å²) in [7, 11) is 1.54. The first-order valence-electron chi connectivity index (χ1n) is 6.18. The predicted molar refractivity (Wildman–Crippen MR) is 68.5 cm³/mol. The average Bonchev–Trinajstić information content (AvgIpc) is 2.77. The third kappa shape index (κ3) is 2.91. The first-order chi connectivity index (χ1) is 8.52. The lowest BCUT2D eigenvalue weighted by atomic mass is 10.2. The van der Waals surface area contributed by atoms with Crippen molar-refractivity contribution in [2.24, 2.45) is 0 Å². The summed E-state index contributed by atoms with van der Waals surface area (Å²) in [4.78, 5) is 24.6. The van der Waals surface area contributed by atoms with Gasteiger partial charge in [-0.15, -0.1) is 0 Å². The molecule has 1 aromatic heterocycles. The van der Waals surface area contributed by atoms with Crippen LogP contribution in [-0.4, -0.2) is 39.5 Å². The Morgan fingerprint density at radius 3 is 2.61 bits per heavy atom. The van der Waals surface area contributed by atoms with Crippen LogP contribution < -0.4 is 0 Å². The Balaban J connectivity index is 2.92. The number of hydrogen-bond acceptors (Lipinski definition) is 2. The van der Waals surface area contributed by atoms with Crippen LogP contribution in [0.4, 0.5) is 0 Å². The van der Waals surface area contributed by atoms with Crippen LogP contribution in [0.1, 0.15) is 37.2 Å². The van der Waals surface area contributed by atoms with Crippen LogP contribution >= 0.6 is 0 Å². The number of rotatable bonds is 6. The molecule has 5 nitrogen and oxygen atoms in total. The smallest absolute Gasteiger partial charge is 0.326 e. The molecule has 1 amide bonds. The van der Waals surface area contributed by atoms with E-state index < -0.39 is 12.0 Å². The molecule has 0 aliphatic rings. The number of carboxylic acids is 1. The van der Waals surface area contributed by atoms with E-state index in [9.17, 15) is 9.59 Å². The normalized spacial score (nSPS) is 12.2. The summed E-state index contributed by atoms with van der Waals surface area (Å²) in [6, 6.07) is 2.75. The SMILES string of the molecule is CCCn1cccc1C(=O)N(C)C(CC)C(=O)O. The zero-order valence-electron chi connectivity index (χ0n) is 11.1. The molecule has 18 heavy (non-hydrogen) atoms. The van der Waals surface area contributed by atoms with Gasteiger partial charge in [0.2, 0.25) is 0 Å². The number of carbonyl (C=O) groups is 2. The van der Waals surface area contributed by atoms with Crippen LogP contribution in [0.15, 0.2) is 18.3 Å². The number of carbonyl (C=O) groups excluding carboxylic acids is 1. The third-order valence-corrected chi connectivity index (χ3v) is 2.97. The second-order valence-electron chi connectivity index (χ2n) is 4.27. The molecule has 0 spiro atoms. The molecule has 1 N–H and O–H groups in total. The van der Waals surface area contributed by atoms with Gasteiger partial charge in [-0.25, -0.2) is 4.79 Å². The topological polar surface area (TPSA) is 62.5 Å². The number of aliphatic carboxylic acids is 1. The third-order valence-electron chi connectivity index (χ3n) is 2.97. The number of likely N-dealkylation sites (N-methyl/N-ethyl adjacent to an activating group) is 1. The van der Waals surface area contributed by atoms with E-state index in [0.717, 1.165) is 13.0 Å². The Bertz CT molecular complexity index is 426. The van der Waals surface area contributed by atoms with Crippen molar-refractivity contribution in [2.75, 3.05) is 7.05 Å². The summed E-state index contributed by atoms with van der Waals surface area (Å²) in [6.45, 7) is 4.55. The minimum absolute atomic E-state index is 0.247. The van der Waals surface area contributed by atoms with Gasteiger partial charge in [0.05, 0.1) is 0 Å². The maximum absolute atomic E-state index is 12.2. The van der Waals surface area contributed by atoms with E-state index in [1.54, 1.807) is 19.1 Å². The maximum Gasteiger partial charge on any atom is 0.326 e. The molecular formula is C13H20N2O3. The Labute approximate surface area is 107 Å². The maximum atomic E-state index is 12.2. The number of nitrogens with zero attached hydrogens (tertiary/aromatic N) is 2. The van der Waals surface area contributed by atoms with Crippen molar-refractivity contribution in [3.05, 3.63) is 24.0 Å². The van der Waals surface area contributed by atoms with Crippen LogP contribution in [-0.2, 0) is 11.3 Å². The fourth-order valence-electron chi connectivity index (χ4n) is 1.98.